The number of carbonyl (C=O) groups is 3. The van der Waals surface area contributed by atoms with E-state index in [1.165, 1.54) is 11.3 Å². The normalized spacial score (nSPS) is 16.8. The number of carbonyl (C=O) groups excluding carboxylic acids is 3. The first-order valence-corrected chi connectivity index (χ1v) is 8.49. The molecule has 1 saturated heterocycles. The summed E-state index contributed by atoms with van der Waals surface area (Å²) >= 11 is 1.37. The molecule has 24 heavy (non-hydrogen) atoms. The van der Waals surface area contributed by atoms with Crippen LogP contribution in [-0.4, -0.2) is 35.2 Å². The number of amides is 3. The highest BCUT2D eigenvalue weighted by Gasteiger charge is 2.34. The molecule has 0 spiro atoms. The fraction of sp³-hybridized carbons (Fsp3) is 0.235. The maximum atomic E-state index is 12.5. The molecule has 3 rings (SSSR count). The molecule has 0 aliphatic carbocycles. The number of nitrogens with one attached hydrogen (secondary N) is 1. The van der Waals surface area contributed by atoms with Gasteiger partial charge >= 0.3 is 0 Å². The van der Waals surface area contributed by atoms with Crippen LogP contribution in [0.3, 0.4) is 0 Å². The van der Waals surface area contributed by atoms with E-state index in [0.717, 1.165) is 6.42 Å². The third-order valence-electron chi connectivity index (χ3n) is 3.99. The Morgan fingerprint density at radius 1 is 1.17 bits per heavy atom. The zero-order valence-corrected chi connectivity index (χ0v) is 13.7. The number of nitrogens with two attached hydrogens (primary N) is 1. The van der Waals surface area contributed by atoms with Crippen LogP contribution in [0.2, 0.25) is 0 Å². The molecule has 3 amide bonds. The van der Waals surface area contributed by atoms with Gasteiger partial charge in [-0.25, -0.2) is 0 Å². The standard InChI is InChI=1S/C17H17N3O3S/c18-15(21)11-5-7-12(8-6-11)19-16(22)13-3-1-9-20(13)17(23)14-4-2-10-24-14/h2,4-8,10,13H,1,3,9H2,(H2,18,21)(H,19,22)/t13-/m0/s1. The molecular weight excluding hydrogens is 326 g/mol. The number of likely N-dealkylation sites (tertiary alicyclic amines) is 1. The zero-order valence-electron chi connectivity index (χ0n) is 12.9. The highest BCUT2D eigenvalue weighted by atomic mass is 32.1. The van der Waals surface area contributed by atoms with Gasteiger partial charge in [-0.3, -0.25) is 14.4 Å². The van der Waals surface area contributed by atoms with Crippen LogP contribution >= 0.6 is 11.3 Å². The Morgan fingerprint density at radius 3 is 2.54 bits per heavy atom. The number of primary amides is 1. The SMILES string of the molecule is NC(=O)c1ccc(NC(=O)[C@@H]2CCCN2C(=O)c2cccs2)cc1. The van der Waals surface area contributed by atoms with Gasteiger partial charge in [0.25, 0.3) is 5.91 Å². The highest BCUT2D eigenvalue weighted by molar-refractivity contribution is 7.12. The van der Waals surface area contributed by atoms with Crippen molar-refractivity contribution in [1.82, 2.24) is 4.90 Å². The third kappa shape index (κ3) is 3.30. The van der Waals surface area contributed by atoms with Crippen LogP contribution in [0.5, 0.6) is 0 Å². The summed E-state index contributed by atoms with van der Waals surface area (Å²) in [5.41, 5.74) is 6.14. The molecule has 2 aromatic rings. The van der Waals surface area contributed by atoms with Gasteiger partial charge in [0.2, 0.25) is 11.8 Å². The molecule has 1 fully saturated rings. The molecule has 3 N–H and O–H groups in total. The van der Waals surface area contributed by atoms with Crippen molar-refractivity contribution in [3.05, 3.63) is 52.2 Å². The minimum Gasteiger partial charge on any atom is -0.366 e. The Labute approximate surface area is 143 Å². The second-order valence-corrected chi connectivity index (χ2v) is 6.51. The first-order chi connectivity index (χ1) is 11.6. The molecule has 1 aliphatic rings. The van der Waals surface area contributed by atoms with Crippen LogP contribution in [0.15, 0.2) is 41.8 Å². The maximum Gasteiger partial charge on any atom is 0.264 e. The maximum absolute atomic E-state index is 12.5. The van der Waals surface area contributed by atoms with Gasteiger partial charge in [-0.05, 0) is 48.6 Å². The Bertz CT molecular complexity index is 756. The lowest BCUT2D eigenvalue weighted by atomic mass is 10.1. The highest BCUT2D eigenvalue weighted by Crippen LogP contribution is 2.23. The number of anilines is 1. The minimum atomic E-state index is -0.517. The van der Waals surface area contributed by atoms with Crippen molar-refractivity contribution in [2.75, 3.05) is 11.9 Å². The summed E-state index contributed by atoms with van der Waals surface area (Å²) in [6, 6.07) is 9.47. The molecule has 124 valence electrons. The van der Waals surface area contributed by atoms with E-state index in [1.54, 1.807) is 35.2 Å². The van der Waals surface area contributed by atoms with Gasteiger partial charge in [-0.2, -0.15) is 0 Å². The van der Waals surface area contributed by atoms with Crippen LogP contribution in [0.4, 0.5) is 5.69 Å². The van der Waals surface area contributed by atoms with Crippen LogP contribution in [-0.2, 0) is 4.79 Å². The van der Waals surface area contributed by atoms with Crippen LogP contribution in [0.25, 0.3) is 0 Å². The lowest BCUT2D eigenvalue weighted by molar-refractivity contribution is -0.119. The average Bonchev–Trinajstić information content (AvgIpc) is 3.26. The van der Waals surface area contributed by atoms with Gasteiger partial charge in [-0.1, -0.05) is 6.07 Å². The summed E-state index contributed by atoms with van der Waals surface area (Å²) in [7, 11) is 0. The van der Waals surface area contributed by atoms with Gasteiger partial charge in [-0.15, -0.1) is 11.3 Å². The third-order valence-corrected chi connectivity index (χ3v) is 4.84. The molecule has 0 radical (unpaired) electrons. The molecule has 0 unspecified atom stereocenters. The van der Waals surface area contributed by atoms with Crippen molar-refractivity contribution >= 4 is 34.7 Å². The van der Waals surface area contributed by atoms with Crippen molar-refractivity contribution in [3.8, 4) is 0 Å². The van der Waals surface area contributed by atoms with Crippen molar-refractivity contribution in [2.24, 2.45) is 5.73 Å². The van der Waals surface area contributed by atoms with Crippen LogP contribution < -0.4 is 11.1 Å². The lowest BCUT2D eigenvalue weighted by Gasteiger charge is -2.23. The molecule has 1 aliphatic heterocycles. The monoisotopic (exact) mass is 343 g/mol. The van der Waals surface area contributed by atoms with Gasteiger partial charge in [0.1, 0.15) is 6.04 Å². The number of rotatable bonds is 4. The average molecular weight is 343 g/mol. The van der Waals surface area contributed by atoms with Crippen molar-refractivity contribution in [1.29, 1.82) is 0 Å². The summed E-state index contributed by atoms with van der Waals surface area (Å²) in [5.74, 6) is -0.840. The molecule has 1 aromatic heterocycles. The molecule has 1 aromatic carbocycles. The summed E-state index contributed by atoms with van der Waals surface area (Å²) in [5, 5.41) is 4.64. The van der Waals surface area contributed by atoms with Gasteiger partial charge < -0.3 is 16.0 Å². The van der Waals surface area contributed by atoms with E-state index in [1.807, 2.05) is 11.4 Å². The smallest absolute Gasteiger partial charge is 0.264 e. The zero-order chi connectivity index (χ0) is 17.1. The van der Waals surface area contributed by atoms with Crippen molar-refractivity contribution < 1.29 is 14.4 Å². The molecule has 0 saturated carbocycles. The Balaban J connectivity index is 1.69. The summed E-state index contributed by atoms with van der Waals surface area (Å²) < 4.78 is 0. The molecular formula is C17H17N3O3S. The second kappa shape index (κ2) is 6.84. The van der Waals surface area contributed by atoms with Gasteiger partial charge in [0.15, 0.2) is 0 Å². The van der Waals surface area contributed by atoms with E-state index in [0.29, 0.717) is 29.1 Å². The number of nitrogens with zero attached hydrogens (tertiary/aromatic N) is 1. The summed E-state index contributed by atoms with van der Waals surface area (Å²) in [4.78, 5) is 38.4. The Morgan fingerprint density at radius 2 is 1.92 bits per heavy atom. The van der Waals surface area contributed by atoms with Crippen molar-refractivity contribution in [3.63, 3.8) is 0 Å². The Hall–Kier alpha value is -2.67. The van der Waals surface area contributed by atoms with E-state index in [2.05, 4.69) is 5.32 Å². The quantitative estimate of drug-likeness (QED) is 0.890. The van der Waals surface area contributed by atoms with E-state index in [-0.39, 0.29) is 11.8 Å². The molecule has 2 heterocycles. The molecule has 0 bridgehead atoms. The Kier molecular flexibility index (Phi) is 4.61. The van der Waals surface area contributed by atoms with Crippen LogP contribution in [0, 0.1) is 0 Å². The number of hydrogen-bond acceptors (Lipinski definition) is 4. The van der Waals surface area contributed by atoms with E-state index in [4.69, 9.17) is 5.73 Å². The molecule has 6 nitrogen and oxygen atoms in total. The molecule has 1 atom stereocenters. The van der Waals surface area contributed by atoms with E-state index < -0.39 is 11.9 Å². The predicted octanol–water partition coefficient (Wildman–Crippen LogP) is 2.09. The summed E-state index contributed by atoms with van der Waals surface area (Å²) in [6.07, 6.45) is 1.44. The number of thiophene rings is 1. The number of hydrogen-bond donors (Lipinski definition) is 2. The fourth-order valence-corrected chi connectivity index (χ4v) is 3.45. The molecule has 7 heteroatoms. The first-order valence-electron chi connectivity index (χ1n) is 7.61. The van der Waals surface area contributed by atoms with Gasteiger partial charge in [0, 0.05) is 17.8 Å². The predicted molar refractivity (Wildman–Crippen MR) is 92.0 cm³/mol. The van der Waals surface area contributed by atoms with E-state index in [9.17, 15) is 14.4 Å². The van der Waals surface area contributed by atoms with Crippen LogP contribution in [0.1, 0.15) is 32.9 Å². The second-order valence-electron chi connectivity index (χ2n) is 5.56. The van der Waals surface area contributed by atoms with Gasteiger partial charge in [0.05, 0.1) is 4.88 Å². The van der Waals surface area contributed by atoms with E-state index >= 15 is 0 Å². The minimum absolute atomic E-state index is 0.105. The number of benzene rings is 1. The summed E-state index contributed by atoms with van der Waals surface area (Å²) in [6.45, 7) is 0.579. The fourth-order valence-electron chi connectivity index (χ4n) is 2.77. The lowest BCUT2D eigenvalue weighted by Crippen LogP contribution is -2.42. The largest absolute Gasteiger partial charge is 0.366 e. The first kappa shape index (κ1) is 16.2. The van der Waals surface area contributed by atoms with Crippen molar-refractivity contribution in [2.45, 2.75) is 18.9 Å². The topological polar surface area (TPSA) is 92.5 Å².